The van der Waals surface area contributed by atoms with Crippen LogP contribution in [0.4, 0.5) is 4.79 Å². The highest BCUT2D eigenvalue weighted by atomic mass is 16.7. The van der Waals surface area contributed by atoms with E-state index < -0.39 is 6.03 Å². The van der Waals surface area contributed by atoms with Gasteiger partial charge in [0.1, 0.15) is 0 Å². The molecule has 90 valence electrons. The first-order valence-corrected chi connectivity index (χ1v) is 5.28. The van der Waals surface area contributed by atoms with Gasteiger partial charge in [-0.15, -0.1) is 0 Å². The lowest BCUT2D eigenvalue weighted by Crippen LogP contribution is -2.41. The Labute approximate surface area is 91.5 Å². The van der Waals surface area contributed by atoms with Gasteiger partial charge in [0, 0.05) is 32.7 Å². The third kappa shape index (κ3) is 5.59. The molecule has 0 radical (unpaired) electrons. The fraction of sp³-hybridized carbons (Fsp3) is 0.900. The molecule has 0 rings (SSSR count). The summed E-state index contributed by atoms with van der Waals surface area (Å²) in [5, 5.41) is 0. The predicted molar refractivity (Wildman–Crippen MR) is 58.5 cm³/mol. The molecular formula is C10H22N2O3. The van der Waals surface area contributed by atoms with E-state index in [1.807, 2.05) is 20.8 Å². The first kappa shape index (κ1) is 14.2. The number of hydrogen-bond acceptors (Lipinski definition) is 3. The van der Waals surface area contributed by atoms with Gasteiger partial charge in [-0.05, 0) is 20.8 Å². The molecule has 0 fully saturated rings. The van der Waals surface area contributed by atoms with E-state index in [1.165, 1.54) is 4.90 Å². The molecule has 0 aliphatic carbocycles. The van der Waals surface area contributed by atoms with E-state index in [-0.39, 0.29) is 12.3 Å². The maximum absolute atomic E-state index is 10.9. The van der Waals surface area contributed by atoms with Crippen LogP contribution in [-0.2, 0) is 9.47 Å². The number of carbonyl (C=O) groups is 1. The molecule has 0 saturated heterocycles. The number of nitrogens with two attached hydrogens (primary N) is 1. The molecular weight excluding hydrogens is 196 g/mol. The van der Waals surface area contributed by atoms with E-state index in [0.29, 0.717) is 19.6 Å². The van der Waals surface area contributed by atoms with Gasteiger partial charge in [0.25, 0.3) is 0 Å². The van der Waals surface area contributed by atoms with Crippen LogP contribution in [-0.4, -0.2) is 43.5 Å². The van der Waals surface area contributed by atoms with Crippen molar-refractivity contribution in [3.63, 3.8) is 0 Å². The number of urea groups is 1. The Hall–Kier alpha value is -0.810. The van der Waals surface area contributed by atoms with Crippen LogP contribution in [0.25, 0.3) is 0 Å². The molecule has 5 heteroatoms. The molecule has 0 aliphatic rings. The summed E-state index contributed by atoms with van der Waals surface area (Å²) in [5.74, 6) is 0. The summed E-state index contributed by atoms with van der Waals surface area (Å²) in [6.07, 6.45) is 0.359. The topological polar surface area (TPSA) is 64.8 Å². The lowest BCUT2D eigenvalue weighted by Gasteiger charge is -2.26. The van der Waals surface area contributed by atoms with Gasteiger partial charge in [0.05, 0.1) is 0 Å². The molecule has 0 aromatic rings. The van der Waals surface area contributed by atoms with E-state index in [2.05, 4.69) is 0 Å². The van der Waals surface area contributed by atoms with Gasteiger partial charge in [-0.3, -0.25) is 0 Å². The zero-order valence-electron chi connectivity index (χ0n) is 10.0. The quantitative estimate of drug-likeness (QED) is 0.652. The highest BCUT2D eigenvalue weighted by molar-refractivity contribution is 5.71. The second-order valence-corrected chi connectivity index (χ2v) is 3.37. The molecule has 15 heavy (non-hydrogen) atoms. The summed E-state index contributed by atoms with van der Waals surface area (Å²) in [7, 11) is 1.67. The lowest BCUT2D eigenvalue weighted by atomic mass is 10.2. The number of ether oxygens (including phenoxy) is 2. The van der Waals surface area contributed by atoms with Crippen LogP contribution in [0.3, 0.4) is 0 Å². The summed E-state index contributed by atoms with van der Waals surface area (Å²) in [6, 6.07) is -0.431. The van der Waals surface area contributed by atoms with E-state index in [1.54, 1.807) is 7.05 Å². The Morgan fingerprint density at radius 3 is 2.13 bits per heavy atom. The Balaban J connectivity index is 4.08. The highest BCUT2D eigenvalue weighted by Gasteiger charge is 2.18. The summed E-state index contributed by atoms with van der Waals surface area (Å²) in [6.45, 7) is 6.92. The Morgan fingerprint density at radius 2 is 1.80 bits per heavy atom. The molecule has 0 aliphatic heterocycles. The summed E-state index contributed by atoms with van der Waals surface area (Å²) < 4.78 is 10.8. The molecule has 0 aromatic carbocycles. The monoisotopic (exact) mass is 218 g/mol. The van der Waals surface area contributed by atoms with Crippen LogP contribution in [0, 0.1) is 0 Å². The number of rotatable bonds is 7. The third-order valence-corrected chi connectivity index (χ3v) is 2.25. The molecule has 0 bridgehead atoms. The third-order valence-electron chi connectivity index (χ3n) is 2.25. The molecule has 1 atom stereocenters. The molecule has 2 amide bonds. The van der Waals surface area contributed by atoms with Crippen LogP contribution in [0.5, 0.6) is 0 Å². The second-order valence-electron chi connectivity index (χ2n) is 3.37. The number of carbonyl (C=O) groups excluding carboxylic acids is 1. The number of amides is 2. The van der Waals surface area contributed by atoms with Crippen molar-refractivity contribution in [3.8, 4) is 0 Å². The second kappa shape index (κ2) is 7.48. The molecule has 5 nitrogen and oxygen atoms in total. The average molecular weight is 218 g/mol. The average Bonchev–Trinajstić information content (AvgIpc) is 2.17. The molecule has 1 unspecified atom stereocenters. The van der Waals surface area contributed by atoms with E-state index in [4.69, 9.17) is 15.2 Å². The van der Waals surface area contributed by atoms with Crippen molar-refractivity contribution in [2.45, 2.75) is 39.5 Å². The van der Waals surface area contributed by atoms with Crippen molar-refractivity contribution in [2.75, 3.05) is 20.3 Å². The van der Waals surface area contributed by atoms with Gasteiger partial charge in [-0.2, -0.15) is 0 Å². The van der Waals surface area contributed by atoms with Gasteiger partial charge >= 0.3 is 6.03 Å². The summed E-state index contributed by atoms with van der Waals surface area (Å²) in [5.41, 5.74) is 5.17. The van der Waals surface area contributed by atoms with Crippen LogP contribution in [0.2, 0.25) is 0 Å². The van der Waals surface area contributed by atoms with Crippen LogP contribution >= 0.6 is 0 Å². The van der Waals surface area contributed by atoms with Crippen LogP contribution in [0.1, 0.15) is 27.2 Å². The first-order chi connectivity index (χ1) is 7.02. The smallest absolute Gasteiger partial charge is 0.314 e. The zero-order valence-corrected chi connectivity index (χ0v) is 10.0. The normalized spacial score (nSPS) is 12.9. The van der Waals surface area contributed by atoms with Gasteiger partial charge in [-0.1, -0.05) is 0 Å². The zero-order chi connectivity index (χ0) is 11.8. The number of nitrogens with zero attached hydrogens (tertiary/aromatic N) is 1. The fourth-order valence-corrected chi connectivity index (χ4v) is 1.21. The molecule has 0 heterocycles. The molecule has 0 saturated carbocycles. The minimum absolute atomic E-state index is 0.00519. The van der Waals surface area contributed by atoms with E-state index in [9.17, 15) is 4.79 Å². The maximum atomic E-state index is 10.9. The van der Waals surface area contributed by atoms with Gasteiger partial charge in [0.2, 0.25) is 0 Å². The largest absolute Gasteiger partial charge is 0.353 e. The van der Waals surface area contributed by atoms with Gasteiger partial charge < -0.3 is 20.1 Å². The summed E-state index contributed by atoms with van der Waals surface area (Å²) in [4.78, 5) is 12.4. The van der Waals surface area contributed by atoms with E-state index >= 15 is 0 Å². The molecule has 0 spiro atoms. The van der Waals surface area contributed by atoms with Gasteiger partial charge in [-0.25, -0.2) is 4.79 Å². The predicted octanol–water partition coefficient (Wildman–Crippen LogP) is 1.17. The number of hydrogen-bond donors (Lipinski definition) is 1. The maximum Gasteiger partial charge on any atom is 0.314 e. The Kier molecular flexibility index (Phi) is 7.07. The van der Waals surface area contributed by atoms with E-state index in [0.717, 1.165) is 0 Å². The Morgan fingerprint density at radius 1 is 1.33 bits per heavy atom. The first-order valence-electron chi connectivity index (χ1n) is 5.28. The number of primary amides is 1. The molecule has 2 N–H and O–H groups in total. The lowest BCUT2D eigenvalue weighted by molar-refractivity contribution is -0.145. The Bertz CT molecular complexity index is 182. The van der Waals surface area contributed by atoms with Crippen molar-refractivity contribution in [1.82, 2.24) is 4.90 Å². The van der Waals surface area contributed by atoms with Crippen molar-refractivity contribution in [2.24, 2.45) is 5.73 Å². The fourth-order valence-electron chi connectivity index (χ4n) is 1.21. The van der Waals surface area contributed by atoms with Gasteiger partial charge in [0.15, 0.2) is 6.29 Å². The molecule has 0 aromatic heterocycles. The van der Waals surface area contributed by atoms with Crippen LogP contribution in [0.15, 0.2) is 0 Å². The standard InChI is InChI=1S/C10H22N2O3/c1-5-14-9(15-6-2)7-8(3)12(4)10(11)13/h8-9H,5-7H2,1-4H3,(H2,11,13). The van der Waals surface area contributed by atoms with Crippen molar-refractivity contribution in [1.29, 1.82) is 0 Å². The minimum atomic E-state index is -0.436. The van der Waals surface area contributed by atoms with Crippen molar-refractivity contribution >= 4 is 6.03 Å². The summed E-state index contributed by atoms with van der Waals surface area (Å²) >= 11 is 0. The van der Waals surface area contributed by atoms with Crippen molar-refractivity contribution in [3.05, 3.63) is 0 Å². The highest BCUT2D eigenvalue weighted by Crippen LogP contribution is 2.09. The SMILES string of the molecule is CCOC(CC(C)N(C)C(N)=O)OCC. The van der Waals surface area contributed by atoms with Crippen molar-refractivity contribution < 1.29 is 14.3 Å². The minimum Gasteiger partial charge on any atom is -0.353 e. The van der Waals surface area contributed by atoms with Crippen LogP contribution < -0.4 is 5.73 Å².